The van der Waals surface area contributed by atoms with Gasteiger partial charge in [-0.2, -0.15) is 0 Å². The molecule has 0 fully saturated rings. The van der Waals surface area contributed by atoms with Crippen molar-refractivity contribution in [2.75, 3.05) is 5.32 Å². The summed E-state index contributed by atoms with van der Waals surface area (Å²) >= 11 is 5.61. The number of anilines is 1. The second-order valence-corrected chi connectivity index (χ2v) is 3.79. The number of hydrogen-bond acceptors (Lipinski definition) is 4. The fraction of sp³-hybridized carbons (Fsp3) is 0.375. The molecule has 76 valence electrons. The van der Waals surface area contributed by atoms with E-state index < -0.39 is 5.54 Å². The summed E-state index contributed by atoms with van der Waals surface area (Å²) < 4.78 is 0. The third kappa shape index (κ3) is 2.93. The molecule has 0 aliphatic heterocycles. The molecule has 0 aromatic carbocycles. The van der Waals surface area contributed by atoms with Gasteiger partial charge in [0.15, 0.2) is 0 Å². The summed E-state index contributed by atoms with van der Waals surface area (Å²) in [7, 11) is 0. The minimum absolute atomic E-state index is 0.269. The number of nitrogens with one attached hydrogen (secondary N) is 1. The number of carbonyl (C=O) groups excluding carboxylic acids is 1. The molecule has 6 heteroatoms. The van der Waals surface area contributed by atoms with Crippen molar-refractivity contribution in [3.8, 4) is 0 Å². The van der Waals surface area contributed by atoms with Gasteiger partial charge in [0, 0.05) is 6.07 Å². The Balaban J connectivity index is 2.75. The second-order valence-electron chi connectivity index (χ2n) is 3.40. The van der Waals surface area contributed by atoms with Crippen molar-refractivity contribution in [2.24, 2.45) is 5.73 Å². The highest BCUT2D eigenvalue weighted by Gasteiger charge is 2.22. The minimum Gasteiger partial charge on any atom is -0.318 e. The van der Waals surface area contributed by atoms with Crippen molar-refractivity contribution in [3.05, 3.63) is 17.5 Å². The summed E-state index contributed by atoms with van der Waals surface area (Å²) in [4.78, 5) is 18.9. The van der Waals surface area contributed by atoms with Gasteiger partial charge in [-0.05, 0) is 13.8 Å². The number of nitrogens with zero attached hydrogens (tertiary/aromatic N) is 2. The van der Waals surface area contributed by atoms with Crippen LogP contribution in [0.25, 0.3) is 0 Å². The molecule has 3 N–H and O–H groups in total. The lowest BCUT2D eigenvalue weighted by Gasteiger charge is -2.16. The van der Waals surface area contributed by atoms with Crippen LogP contribution < -0.4 is 11.1 Å². The Kier molecular flexibility index (Phi) is 3.03. The first-order valence-corrected chi connectivity index (χ1v) is 4.35. The fourth-order valence-electron chi connectivity index (χ4n) is 0.679. The highest BCUT2D eigenvalue weighted by Crippen LogP contribution is 2.10. The van der Waals surface area contributed by atoms with Crippen LogP contribution in [-0.4, -0.2) is 21.4 Å². The first-order valence-electron chi connectivity index (χ1n) is 3.97. The number of amides is 1. The van der Waals surface area contributed by atoms with Gasteiger partial charge in [-0.1, -0.05) is 11.6 Å². The molecule has 0 atom stereocenters. The van der Waals surface area contributed by atoms with Crippen LogP contribution in [0.1, 0.15) is 13.8 Å². The van der Waals surface area contributed by atoms with E-state index in [0.29, 0.717) is 5.82 Å². The molecular weight excluding hydrogens is 204 g/mol. The Labute approximate surface area is 86.7 Å². The molecule has 0 radical (unpaired) electrons. The highest BCUT2D eigenvalue weighted by molar-refractivity contribution is 6.29. The normalized spacial score (nSPS) is 11.1. The van der Waals surface area contributed by atoms with E-state index in [1.807, 2.05) is 0 Å². The molecule has 1 aromatic heterocycles. The first kappa shape index (κ1) is 10.9. The van der Waals surface area contributed by atoms with Gasteiger partial charge in [-0.25, -0.2) is 9.97 Å². The van der Waals surface area contributed by atoms with Crippen LogP contribution in [-0.2, 0) is 4.79 Å². The lowest BCUT2D eigenvalue weighted by molar-refractivity contribution is -0.120. The maximum Gasteiger partial charge on any atom is 0.245 e. The van der Waals surface area contributed by atoms with Crippen LogP contribution in [0.3, 0.4) is 0 Å². The first-order chi connectivity index (χ1) is 6.39. The summed E-state index contributed by atoms with van der Waals surface area (Å²) in [5.41, 5.74) is 4.63. The molecule has 0 unspecified atom stereocenters. The summed E-state index contributed by atoms with van der Waals surface area (Å²) in [6.07, 6.45) is 1.27. The maximum absolute atomic E-state index is 11.4. The van der Waals surface area contributed by atoms with Gasteiger partial charge in [0.2, 0.25) is 5.91 Å². The quantitative estimate of drug-likeness (QED) is 0.714. The minimum atomic E-state index is -0.947. The molecule has 0 spiro atoms. The monoisotopic (exact) mass is 214 g/mol. The largest absolute Gasteiger partial charge is 0.318 e. The summed E-state index contributed by atoms with van der Waals surface area (Å²) in [5.74, 6) is 0.0146. The van der Waals surface area contributed by atoms with Crippen molar-refractivity contribution in [3.63, 3.8) is 0 Å². The Hall–Kier alpha value is -1.20. The van der Waals surface area contributed by atoms with Crippen molar-refractivity contribution in [1.82, 2.24) is 9.97 Å². The second kappa shape index (κ2) is 3.89. The average Bonchev–Trinajstić information content (AvgIpc) is 2.02. The molecule has 14 heavy (non-hydrogen) atoms. The number of rotatable bonds is 2. The van der Waals surface area contributed by atoms with Gasteiger partial charge in [0.25, 0.3) is 0 Å². The van der Waals surface area contributed by atoms with E-state index in [9.17, 15) is 4.79 Å². The predicted octanol–water partition coefficient (Wildman–Crippen LogP) is 0.806. The van der Waals surface area contributed by atoms with E-state index in [1.165, 1.54) is 12.4 Å². The van der Waals surface area contributed by atoms with E-state index in [4.69, 9.17) is 17.3 Å². The Morgan fingerprint density at radius 3 is 2.71 bits per heavy atom. The molecule has 0 saturated heterocycles. The van der Waals surface area contributed by atoms with E-state index in [-0.39, 0.29) is 11.1 Å². The van der Waals surface area contributed by atoms with Gasteiger partial charge in [-0.15, -0.1) is 0 Å². The van der Waals surface area contributed by atoms with E-state index in [2.05, 4.69) is 15.3 Å². The fourth-order valence-corrected chi connectivity index (χ4v) is 0.826. The van der Waals surface area contributed by atoms with Crippen LogP contribution in [0.4, 0.5) is 5.82 Å². The van der Waals surface area contributed by atoms with Crippen molar-refractivity contribution in [2.45, 2.75) is 19.4 Å². The molecule has 0 saturated carbocycles. The van der Waals surface area contributed by atoms with Crippen molar-refractivity contribution >= 4 is 23.3 Å². The average molecular weight is 215 g/mol. The Bertz CT molecular complexity index is 347. The molecule has 0 bridgehead atoms. The van der Waals surface area contributed by atoms with E-state index in [1.54, 1.807) is 13.8 Å². The predicted molar refractivity (Wildman–Crippen MR) is 53.9 cm³/mol. The van der Waals surface area contributed by atoms with Crippen molar-refractivity contribution in [1.29, 1.82) is 0 Å². The lowest BCUT2D eigenvalue weighted by Crippen LogP contribution is -2.45. The standard InChI is InChI=1S/C8H11ClN4O/c1-8(2,10)7(14)13-6-3-5(9)11-4-12-6/h3-4H,10H2,1-2H3,(H,11,12,13,14). The number of hydrogen-bond donors (Lipinski definition) is 2. The molecule has 1 rings (SSSR count). The van der Waals surface area contributed by atoms with E-state index in [0.717, 1.165) is 0 Å². The van der Waals surface area contributed by atoms with Crippen LogP contribution in [0.2, 0.25) is 5.15 Å². The molecule has 1 amide bonds. The molecule has 5 nitrogen and oxygen atoms in total. The number of nitrogens with two attached hydrogens (primary N) is 1. The van der Waals surface area contributed by atoms with Gasteiger partial charge in [-0.3, -0.25) is 4.79 Å². The third-order valence-corrected chi connectivity index (χ3v) is 1.67. The zero-order chi connectivity index (χ0) is 10.8. The Morgan fingerprint density at radius 1 is 1.57 bits per heavy atom. The molecule has 0 aliphatic carbocycles. The smallest absolute Gasteiger partial charge is 0.245 e. The molecule has 1 heterocycles. The van der Waals surface area contributed by atoms with Crippen LogP contribution in [0.5, 0.6) is 0 Å². The van der Waals surface area contributed by atoms with Gasteiger partial charge >= 0.3 is 0 Å². The lowest BCUT2D eigenvalue weighted by atomic mass is 10.1. The number of halogens is 1. The summed E-state index contributed by atoms with van der Waals surface area (Å²) in [6.45, 7) is 3.20. The SMILES string of the molecule is CC(C)(N)C(=O)Nc1cc(Cl)ncn1. The van der Waals surface area contributed by atoms with Gasteiger partial charge < -0.3 is 11.1 Å². The zero-order valence-corrected chi connectivity index (χ0v) is 8.67. The zero-order valence-electron chi connectivity index (χ0n) is 7.91. The van der Waals surface area contributed by atoms with Crippen LogP contribution in [0.15, 0.2) is 12.4 Å². The number of aromatic nitrogens is 2. The Morgan fingerprint density at radius 2 is 2.21 bits per heavy atom. The van der Waals surface area contributed by atoms with Gasteiger partial charge in [0.1, 0.15) is 17.3 Å². The van der Waals surface area contributed by atoms with Crippen molar-refractivity contribution < 1.29 is 4.79 Å². The number of carbonyl (C=O) groups is 1. The highest BCUT2D eigenvalue weighted by atomic mass is 35.5. The summed E-state index contributed by atoms with van der Waals surface area (Å²) in [5, 5.41) is 2.79. The third-order valence-electron chi connectivity index (χ3n) is 1.46. The summed E-state index contributed by atoms with van der Waals surface area (Å²) in [6, 6.07) is 1.45. The molecule has 0 aliphatic rings. The molecular formula is C8H11ClN4O. The van der Waals surface area contributed by atoms with Crippen LogP contribution in [0, 0.1) is 0 Å². The van der Waals surface area contributed by atoms with E-state index >= 15 is 0 Å². The maximum atomic E-state index is 11.4. The van der Waals surface area contributed by atoms with Gasteiger partial charge in [0.05, 0.1) is 5.54 Å². The topological polar surface area (TPSA) is 80.9 Å². The molecule has 1 aromatic rings. The van der Waals surface area contributed by atoms with Crippen LogP contribution >= 0.6 is 11.6 Å².